The Morgan fingerprint density at radius 1 is 1.53 bits per heavy atom. The zero-order chi connectivity index (χ0) is 13.8. The molecule has 19 heavy (non-hydrogen) atoms. The van der Waals surface area contributed by atoms with E-state index in [0.29, 0.717) is 30.6 Å². The van der Waals surface area contributed by atoms with E-state index in [9.17, 15) is 9.90 Å². The van der Waals surface area contributed by atoms with Crippen LogP contribution in [0.1, 0.15) is 27.9 Å². The number of carbonyl (C=O) groups excluding carboxylic acids is 1. The summed E-state index contributed by atoms with van der Waals surface area (Å²) in [4.78, 5) is 14.0. The van der Waals surface area contributed by atoms with E-state index in [1.165, 1.54) is 0 Å². The van der Waals surface area contributed by atoms with Crippen LogP contribution in [0.4, 0.5) is 0 Å². The SMILES string of the molecule is Cc1ccc(C(=O)N2CCC(O)C2)c(C#CCO)c1. The molecule has 0 bridgehead atoms. The number of carbonyl (C=O) groups is 1. The maximum Gasteiger partial charge on any atom is 0.255 e. The van der Waals surface area contributed by atoms with E-state index in [0.717, 1.165) is 5.56 Å². The van der Waals surface area contributed by atoms with Gasteiger partial charge in [0.05, 0.1) is 11.7 Å². The van der Waals surface area contributed by atoms with Crippen molar-refractivity contribution in [2.45, 2.75) is 19.4 Å². The Balaban J connectivity index is 2.30. The zero-order valence-corrected chi connectivity index (χ0v) is 10.9. The molecule has 0 saturated carbocycles. The predicted molar refractivity (Wildman–Crippen MR) is 71.7 cm³/mol. The van der Waals surface area contributed by atoms with Crippen molar-refractivity contribution in [3.63, 3.8) is 0 Å². The molecule has 0 aliphatic carbocycles. The van der Waals surface area contributed by atoms with Crippen LogP contribution in [-0.4, -0.2) is 46.8 Å². The van der Waals surface area contributed by atoms with Crippen molar-refractivity contribution >= 4 is 5.91 Å². The van der Waals surface area contributed by atoms with Gasteiger partial charge < -0.3 is 15.1 Å². The number of aliphatic hydroxyl groups excluding tert-OH is 2. The van der Waals surface area contributed by atoms with Crippen LogP contribution in [0.5, 0.6) is 0 Å². The normalized spacial score (nSPS) is 18.1. The number of rotatable bonds is 1. The third-order valence-corrected chi connectivity index (χ3v) is 3.16. The van der Waals surface area contributed by atoms with Crippen molar-refractivity contribution in [1.82, 2.24) is 4.90 Å². The first-order chi connectivity index (χ1) is 9.11. The molecule has 1 atom stereocenters. The highest BCUT2D eigenvalue weighted by Gasteiger charge is 2.26. The molecule has 2 N–H and O–H groups in total. The number of β-amino-alcohol motifs (C(OH)–C–C–N with tert-alkyl or cyclic N) is 1. The molecule has 1 heterocycles. The van der Waals surface area contributed by atoms with Crippen molar-refractivity contribution in [2.24, 2.45) is 0 Å². The van der Waals surface area contributed by atoms with Gasteiger partial charge in [0, 0.05) is 18.7 Å². The van der Waals surface area contributed by atoms with Gasteiger partial charge in [-0.1, -0.05) is 17.9 Å². The molecule has 1 fully saturated rings. The number of aryl methyl sites for hydroxylation is 1. The van der Waals surface area contributed by atoms with E-state index in [2.05, 4.69) is 11.8 Å². The molecule has 0 spiro atoms. The number of nitrogens with zero attached hydrogens (tertiary/aromatic N) is 1. The molecule has 1 amide bonds. The summed E-state index contributed by atoms with van der Waals surface area (Å²) >= 11 is 0. The van der Waals surface area contributed by atoms with Crippen LogP contribution >= 0.6 is 0 Å². The highest BCUT2D eigenvalue weighted by Crippen LogP contribution is 2.17. The van der Waals surface area contributed by atoms with E-state index >= 15 is 0 Å². The summed E-state index contributed by atoms with van der Waals surface area (Å²) < 4.78 is 0. The Bertz CT molecular complexity index is 542. The van der Waals surface area contributed by atoms with Crippen molar-refractivity contribution in [1.29, 1.82) is 0 Å². The predicted octanol–water partition coefficient (Wildman–Crippen LogP) is 0.546. The number of likely N-dealkylation sites (tertiary alicyclic amines) is 1. The lowest BCUT2D eigenvalue weighted by molar-refractivity contribution is 0.0764. The average Bonchev–Trinajstić information content (AvgIpc) is 2.82. The first kappa shape index (κ1) is 13.6. The van der Waals surface area contributed by atoms with E-state index in [1.807, 2.05) is 19.1 Å². The molecule has 100 valence electrons. The molecule has 1 aliphatic rings. The minimum Gasteiger partial charge on any atom is -0.391 e. The Morgan fingerprint density at radius 2 is 2.32 bits per heavy atom. The summed E-state index contributed by atoms with van der Waals surface area (Å²) in [6.45, 7) is 2.64. The third kappa shape index (κ3) is 3.14. The molecular weight excluding hydrogens is 242 g/mol. The highest BCUT2D eigenvalue weighted by atomic mass is 16.3. The highest BCUT2D eigenvalue weighted by molar-refractivity contribution is 5.97. The molecule has 0 radical (unpaired) electrons. The zero-order valence-electron chi connectivity index (χ0n) is 10.9. The molecule has 1 unspecified atom stereocenters. The maximum absolute atomic E-state index is 12.4. The van der Waals surface area contributed by atoms with Crippen LogP contribution in [0.3, 0.4) is 0 Å². The Hall–Kier alpha value is -1.83. The number of hydrogen-bond acceptors (Lipinski definition) is 3. The van der Waals surface area contributed by atoms with Crippen LogP contribution in [0.15, 0.2) is 18.2 Å². The van der Waals surface area contributed by atoms with Gasteiger partial charge in [-0.25, -0.2) is 0 Å². The number of benzene rings is 1. The molecule has 1 saturated heterocycles. The van der Waals surface area contributed by atoms with Gasteiger partial charge in [-0.2, -0.15) is 0 Å². The van der Waals surface area contributed by atoms with Gasteiger partial charge in [-0.15, -0.1) is 0 Å². The van der Waals surface area contributed by atoms with E-state index in [1.54, 1.807) is 11.0 Å². The molecule has 4 nitrogen and oxygen atoms in total. The fraction of sp³-hybridized carbons (Fsp3) is 0.400. The lowest BCUT2D eigenvalue weighted by Gasteiger charge is -2.16. The fourth-order valence-electron chi connectivity index (χ4n) is 2.18. The van der Waals surface area contributed by atoms with Crippen molar-refractivity contribution < 1.29 is 15.0 Å². The minimum atomic E-state index is -0.429. The lowest BCUT2D eigenvalue weighted by Crippen LogP contribution is -2.30. The fourth-order valence-corrected chi connectivity index (χ4v) is 2.18. The van der Waals surface area contributed by atoms with Crippen molar-refractivity contribution in [3.05, 3.63) is 34.9 Å². The van der Waals surface area contributed by atoms with Gasteiger partial charge in [0.25, 0.3) is 5.91 Å². The largest absolute Gasteiger partial charge is 0.391 e. The maximum atomic E-state index is 12.4. The topological polar surface area (TPSA) is 60.8 Å². The molecule has 2 rings (SSSR count). The van der Waals surface area contributed by atoms with Crippen molar-refractivity contribution in [2.75, 3.05) is 19.7 Å². The summed E-state index contributed by atoms with van der Waals surface area (Å²) in [5, 5.41) is 18.3. The van der Waals surface area contributed by atoms with Crippen LogP contribution in [0.25, 0.3) is 0 Å². The minimum absolute atomic E-state index is 0.112. The standard InChI is InChI=1S/C15H17NO3/c1-11-4-5-14(12(9-11)3-2-8-17)15(19)16-7-6-13(18)10-16/h4-5,9,13,17-18H,6-8,10H2,1H3. The molecule has 0 aromatic heterocycles. The molecule has 4 heteroatoms. The van der Waals surface area contributed by atoms with E-state index in [4.69, 9.17) is 5.11 Å². The summed E-state index contributed by atoms with van der Waals surface area (Å²) in [5.41, 5.74) is 2.17. The van der Waals surface area contributed by atoms with E-state index in [-0.39, 0.29) is 12.5 Å². The summed E-state index contributed by atoms with van der Waals surface area (Å²) in [7, 11) is 0. The van der Waals surface area contributed by atoms with Crippen molar-refractivity contribution in [3.8, 4) is 11.8 Å². The first-order valence-electron chi connectivity index (χ1n) is 6.29. The second-order valence-corrected chi connectivity index (χ2v) is 4.70. The third-order valence-electron chi connectivity index (χ3n) is 3.16. The summed E-state index contributed by atoms with van der Waals surface area (Å²) in [6, 6.07) is 5.45. The molecular formula is C15H17NO3. The summed E-state index contributed by atoms with van der Waals surface area (Å²) in [5.74, 6) is 5.27. The average molecular weight is 259 g/mol. The number of aliphatic hydroxyl groups is 2. The van der Waals surface area contributed by atoms with Gasteiger partial charge in [0.15, 0.2) is 0 Å². The number of hydrogen-bond donors (Lipinski definition) is 2. The monoisotopic (exact) mass is 259 g/mol. The van der Waals surface area contributed by atoms with Crippen LogP contribution in [-0.2, 0) is 0 Å². The Morgan fingerprint density at radius 3 is 2.95 bits per heavy atom. The van der Waals surface area contributed by atoms with Gasteiger partial charge in [-0.05, 0) is 31.0 Å². The molecule has 1 aromatic carbocycles. The molecule has 1 aromatic rings. The van der Waals surface area contributed by atoms with Crippen LogP contribution in [0.2, 0.25) is 0 Å². The van der Waals surface area contributed by atoms with Gasteiger partial charge in [-0.3, -0.25) is 4.79 Å². The smallest absolute Gasteiger partial charge is 0.255 e. The quantitative estimate of drug-likeness (QED) is 0.724. The van der Waals surface area contributed by atoms with Crippen LogP contribution < -0.4 is 0 Å². The Kier molecular flexibility index (Phi) is 4.20. The Labute approximate surface area is 112 Å². The second-order valence-electron chi connectivity index (χ2n) is 4.70. The van der Waals surface area contributed by atoms with Crippen LogP contribution in [0, 0.1) is 18.8 Å². The van der Waals surface area contributed by atoms with Gasteiger partial charge in [0.2, 0.25) is 0 Å². The first-order valence-corrected chi connectivity index (χ1v) is 6.29. The lowest BCUT2D eigenvalue weighted by atomic mass is 10.0. The van der Waals surface area contributed by atoms with E-state index < -0.39 is 6.10 Å². The van der Waals surface area contributed by atoms with Gasteiger partial charge in [0.1, 0.15) is 6.61 Å². The molecule has 1 aliphatic heterocycles. The number of amides is 1. The second kappa shape index (κ2) is 5.87. The van der Waals surface area contributed by atoms with Gasteiger partial charge >= 0.3 is 0 Å². The summed E-state index contributed by atoms with van der Waals surface area (Å²) in [6.07, 6.45) is 0.191.